The summed E-state index contributed by atoms with van der Waals surface area (Å²) in [6.07, 6.45) is 5.00. The number of nitrogens with one attached hydrogen (secondary N) is 2. The Balaban J connectivity index is 0.00000261. The molecule has 0 bridgehead atoms. The van der Waals surface area contributed by atoms with Gasteiger partial charge in [0.25, 0.3) is 0 Å². The van der Waals surface area contributed by atoms with Crippen LogP contribution in [-0.2, 0) is 20.1 Å². The van der Waals surface area contributed by atoms with E-state index in [9.17, 15) is 0 Å². The molecular formula is C20H31IN6. The molecule has 0 saturated carbocycles. The number of rotatable bonds is 6. The molecule has 1 fully saturated rings. The number of guanidine groups is 1. The molecule has 0 amide bonds. The van der Waals surface area contributed by atoms with Crippen molar-refractivity contribution in [2.75, 3.05) is 13.1 Å². The fourth-order valence-electron chi connectivity index (χ4n) is 3.48. The zero-order valence-corrected chi connectivity index (χ0v) is 18.8. The third-order valence-corrected chi connectivity index (χ3v) is 4.80. The van der Waals surface area contributed by atoms with Crippen LogP contribution in [0.25, 0.3) is 0 Å². The zero-order chi connectivity index (χ0) is 18.4. The summed E-state index contributed by atoms with van der Waals surface area (Å²) in [4.78, 5) is 7.26. The highest BCUT2D eigenvalue weighted by molar-refractivity contribution is 14.0. The zero-order valence-electron chi connectivity index (χ0n) is 16.4. The van der Waals surface area contributed by atoms with E-state index in [1.54, 1.807) is 0 Å². The lowest BCUT2D eigenvalue weighted by Gasteiger charge is -2.21. The molecule has 1 saturated heterocycles. The van der Waals surface area contributed by atoms with Gasteiger partial charge in [-0.25, -0.2) is 4.99 Å². The predicted octanol–water partition coefficient (Wildman–Crippen LogP) is 2.76. The molecule has 0 spiro atoms. The molecule has 2 aromatic rings. The van der Waals surface area contributed by atoms with E-state index < -0.39 is 0 Å². The Kier molecular flexibility index (Phi) is 8.56. The van der Waals surface area contributed by atoms with E-state index in [4.69, 9.17) is 4.99 Å². The summed E-state index contributed by atoms with van der Waals surface area (Å²) in [6.45, 7) is 7.94. The molecule has 1 aromatic heterocycles. The Hall–Kier alpha value is -1.61. The molecular weight excluding hydrogens is 451 g/mol. The first-order chi connectivity index (χ1) is 12.6. The van der Waals surface area contributed by atoms with Crippen molar-refractivity contribution in [1.29, 1.82) is 0 Å². The van der Waals surface area contributed by atoms with Crippen LogP contribution in [0, 0.1) is 0 Å². The van der Waals surface area contributed by atoms with Crippen LogP contribution in [0.2, 0.25) is 0 Å². The van der Waals surface area contributed by atoms with Gasteiger partial charge in [-0.1, -0.05) is 30.3 Å². The van der Waals surface area contributed by atoms with Crippen LogP contribution in [0.1, 0.15) is 31.4 Å². The molecule has 27 heavy (non-hydrogen) atoms. The minimum Gasteiger partial charge on any atom is -0.357 e. The SMILES string of the molecule is CCNC(=NCc1cnn(C)c1)NC1CC(C)N(Cc2ccccc2)C1.I. The lowest BCUT2D eigenvalue weighted by atomic mass is 10.2. The molecule has 2 atom stereocenters. The van der Waals surface area contributed by atoms with E-state index in [1.165, 1.54) is 5.56 Å². The Morgan fingerprint density at radius 1 is 1.26 bits per heavy atom. The third kappa shape index (κ3) is 6.49. The largest absolute Gasteiger partial charge is 0.357 e. The summed E-state index contributed by atoms with van der Waals surface area (Å²) >= 11 is 0. The molecule has 2 N–H and O–H groups in total. The highest BCUT2D eigenvalue weighted by Gasteiger charge is 2.29. The van der Waals surface area contributed by atoms with Crippen LogP contribution >= 0.6 is 24.0 Å². The number of hydrogen-bond donors (Lipinski definition) is 2. The van der Waals surface area contributed by atoms with Gasteiger partial charge in [-0.05, 0) is 25.8 Å². The van der Waals surface area contributed by atoms with E-state index in [1.807, 2.05) is 24.1 Å². The van der Waals surface area contributed by atoms with Crippen molar-refractivity contribution in [1.82, 2.24) is 25.3 Å². The third-order valence-electron chi connectivity index (χ3n) is 4.80. The van der Waals surface area contributed by atoms with Gasteiger partial charge in [0.2, 0.25) is 0 Å². The van der Waals surface area contributed by atoms with E-state index >= 15 is 0 Å². The number of aromatic nitrogens is 2. The van der Waals surface area contributed by atoms with Gasteiger partial charge in [0.1, 0.15) is 0 Å². The van der Waals surface area contributed by atoms with E-state index in [2.05, 4.69) is 64.8 Å². The monoisotopic (exact) mass is 482 g/mol. The number of aryl methyl sites for hydroxylation is 1. The molecule has 7 heteroatoms. The van der Waals surface area contributed by atoms with Crippen LogP contribution in [0.15, 0.2) is 47.7 Å². The van der Waals surface area contributed by atoms with E-state index in [-0.39, 0.29) is 24.0 Å². The quantitative estimate of drug-likeness (QED) is 0.378. The number of nitrogens with zero attached hydrogens (tertiary/aromatic N) is 4. The number of aliphatic imine (C=N–C) groups is 1. The smallest absolute Gasteiger partial charge is 0.191 e. The maximum Gasteiger partial charge on any atom is 0.191 e. The van der Waals surface area contributed by atoms with Gasteiger partial charge >= 0.3 is 0 Å². The lowest BCUT2D eigenvalue weighted by Crippen LogP contribution is -2.44. The van der Waals surface area contributed by atoms with Gasteiger partial charge in [0, 0.05) is 50.5 Å². The Morgan fingerprint density at radius 3 is 2.70 bits per heavy atom. The standard InChI is InChI=1S/C20H30N6.HI/c1-4-21-20(22-11-18-12-23-25(3)13-18)24-19-10-16(2)26(15-19)14-17-8-6-5-7-9-17;/h5-9,12-13,16,19H,4,10-11,14-15H2,1-3H3,(H2,21,22,24);1H. The van der Waals surface area contributed by atoms with Crippen molar-refractivity contribution in [3.63, 3.8) is 0 Å². The minimum atomic E-state index is 0. The van der Waals surface area contributed by atoms with Crippen molar-refractivity contribution in [3.05, 3.63) is 53.9 Å². The van der Waals surface area contributed by atoms with Crippen LogP contribution < -0.4 is 10.6 Å². The van der Waals surface area contributed by atoms with Crippen molar-refractivity contribution in [2.24, 2.45) is 12.0 Å². The van der Waals surface area contributed by atoms with Crippen molar-refractivity contribution in [2.45, 2.75) is 45.4 Å². The Bertz CT molecular complexity index is 714. The van der Waals surface area contributed by atoms with Crippen LogP contribution in [0.3, 0.4) is 0 Å². The maximum absolute atomic E-state index is 4.72. The summed E-state index contributed by atoms with van der Waals surface area (Å²) in [5.41, 5.74) is 2.49. The Morgan fingerprint density at radius 2 is 2.04 bits per heavy atom. The Labute approximate surface area is 179 Å². The van der Waals surface area contributed by atoms with Gasteiger partial charge in [-0.3, -0.25) is 9.58 Å². The molecule has 0 aliphatic carbocycles. The van der Waals surface area contributed by atoms with Gasteiger partial charge in [0.05, 0.1) is 12.7 Å². The van der Waals surface area contributed by atoms with Crippen molar-refractivity contribution >= 4 is 29.9 Å². The van der Waals surface area contributed by atoms with Crippen LogP contribution in [-0.4, -0.2) is 45.8 Å². The fraction of sp³-hybridized carbons (Fsp3) is 0.500. The molecule has 6 nitrogen and oxygen atoms in total. The summed E-state index contributed by atoms with van der Waals surface area (Å²) in [5.74, 6) is 0.884. The average molecular weight is 482 g/mol. The topological polar surface area (TPSA) is 57.5 Å². The average Bonchev–Trinajstić information content (AvgIpc) is 3.19. The maximum atomic E-state index is 4.72. The first kappa shape index (κ1) is 21.7. The van der Waals surface area contributed by atoms with Gasteiger partial charge in [0.15, 0.2) is 5.96 Å². The summed E-state index contributed by atoms with van der Waals surface area (Å²) in [7, 11) is 1.93. The molecule has 2 heterocycles. The van der Waals surface area contributed by atoms with E-state index in [0.717, 1.165) is 37.6 Å². The second-order valence-electron chi connectivity index (χ2n) is 7.06. The van der Waals surface area contributed by atoms with Gasteiger partial charge in [-0.2, -0.15) is 5.10 Å². The van der Waals surface area contributed by atoms with Crippen LogP contribution in [0.4, 0.5) is 0 Å². The normalized spacial score (nSPS) is 20.3. The fourth-order valence-corrected chi connectivity index (χ4v) is 3.48. The summed E-state index contributed by atoms with van der Waals surface area (Å²) in [6, 6.07) is 11.7. The summed E-state index contributed by atoms with van der Waals surface area (Å²) < 4.78 is 1.81. The second kappa shape index (κ2) is 10.7. The van der Waals surface area contributed by atoms with E-state index in [0.29, 0.717) is 18.6 Å². The number of hydrogen-bond acceptors (Lipinski definition) is 3. The second-order valence-corrected chi connectivity index (χ2v) is 7.06. The first-order valence-electron chi connectivity index (χ1n) is 9.44. The highest BCUT2D eigenvalue weighted by Crippen LogP contribution is 2.20. The number of benzene rings is 1. The number of halogens is 1. The first-order valence-corrected chi connectivity index (χ1v) is 9.44. The lowest BCUT2D eigenvalue weighted by molar-refractivity contribution is 0.258. The number of likely N-dealkylation sites (tertiary alicyclic amines) is 1. The highest BCUT2D eigenvalue weighted by atomic mass is 127. The van der Waals surface area contributed by atoms with Crippen molar-refractivity contribution < 1.29 is 0 Å². The molecule has 0 radical (unpaired) electrons. The predicted molar refractivity (Wildman–Crippen MR) is 121 cm³/mol. The molecule has 2 unspecified atom stereocenters. The van der Waals surface area contributed by atoms with Gasteiger partial charge < -0.3 is 10.6 Å². The molecule has 148 valence electrons. The molecule has 1 aliphatic heterocycles. The molecule has 3 rings (SSSR count). The van der Waals surface area contributed by atoms with Crippen molar-refractivity contribution in [3.8, 4) is 0 Å². The van der Waals surface area contributed by atoms with Gasteiger partial charge in [-0.15, -0.1) is 24.0 Å². The molecule has 1 aliphatic rings. The summed E-state index contributed by atoms with van der Waals surface area (Å²) in [5, 5.41) is 11.2. The molecule has 1 aromatic carbocycles. The van der Waals surface area contributed by atoms with Crippen LogP contribution in [0.5, 0.6) is 0 Å². The minimum absolute atomic E-state index is 0.